The van der Waals surface area contributed by atoms with Crippen molar-refractivity contribution in [1.29, 1.82) is 0 Å². The zero-order chi connectivity index (χ0) is 13.7. The quantitative estimate of drug-likeness (QED) is 0.877. The van der Waals surface area contributed by atoms with Crippen molar-refractivity contribution in [3.05, 3.63) is 34.9 Å². The number of halogens is 1. The number of hydrogen-bond donors (Lipinski definition) is 2. The highest BCUT2D eigenvalue weighted by Crippen LogP contribution is 2.13. The van der Waals surface area contributed by atoms with Crippen molar-refractivity contribution in [2.24, 2.45) is 0 Å². The SMILES string of the molecule is CCNC(=O)[C@H]1CN[C@@H](Cc2ccc(Cl)cc2)CO1. The average Bonchev–Trinajstić information content (AvgIpc) is 2.42. The molecule has 1 aliphatic heterocycles. The summed E-state index contributed by atoms with van der Waals surface area (Å²) in [6, 6.07) is 8.04. The average molecular weight is 283 g/mol. The molecule has 0 bridgehead atoms. The number of rotatable bonds is 4. The normalized spacial score (nSPS) is 23.1. The van der Waals surface area contributed by atoms with Crippen LogP contribution in [0.3, 0.4) is 0 Å². The van der Waals surface area contributed by atoms with E-state index in [-0.39, 0.29) is 18.1 Å². The Morgan fingerprint density at radius 2 is 2.21 bits per heavy atom. The molecule has 1 aromatic carbocycles. The molecular weight excluding hydrogens is 264 g/mol. The molecule has 0 aliphatic carbocycles. The van der Waals surface area contributed by atoms with Crippen molar-refractivity contribution in [3.8, 4) is 0 Å². The molecular formula is C14H19ClN2O2. The zero-order valence-electron chi connectivity index (χ0n) is 11.0. The first-order chi connectivity index (χ1) is 9.19. The van der Waals surface area contributed by atoms with Gasteiger partial charge in [0.05, 0.1) is 6.61 Å². The molecule has 4 nitrogen and oxygen atoms in total. The lowest BCUT2D eigenvalue weighted by molar-refractivity contribution is -0.135. The van der Waals surface area contributed by atoms with E-state index in [0.29, 0.717) is 19.7 Å². The van der Waals surface area contributed by atoms with E-state index in [9.17, 15) is 4.79 Å². The van der Waals surface area contributed by atoms with Crippen LogP contribution in [0.1, 0.15) is 12.5 Å². The first-order valence-corrected chi connectivity index (χ1v) is 6.94. The minimum absolute atomic E-state index is 0.0417. The Morgan fingerprint density at radius 3 is 2.79 bits per heavy atom. The number of hydrogen-bond acceptors (Lipinski definition) is 3. The van der Waals surface area contributed by atoms with Crippen LogP contribution in [0.15, 0.2) is 24.3 Å². The second-order valence-electron chi connectivity index (χ2n) is 4.65. The number of morpholine rings is 1. The van der Waals surface area contributed by atoms with Crippen LogP contribution in [-0.2, 0) is 16.0 Å². The van der Waals surface area contributed by atoms with E-state index in [1.807, 2.05) is 31.2 Å². The highest BCUT2D eigenvalue weighted by molar-refractivity contribution is 6.30. The predicted molar refractivity (Wildman–Crippen MR) is 75.4 cm³/mol. The van der Waals surface area contributed by atoms with Crippen LogP contribution in [0, 0.1) is 0 Å². The Labute approximate surface area is 118 Å². The molecule has 0 aromatic heterocycles. The van der Waals surface area contributed by atoms with Crippen LogP contribution < -0.4 is 10.6 Å². The van der Waals surface area contributed by atoms with Gasteiger partial charge in [0.15, 0.2) is 0 Å². The number of amides is 1. The molecule has 2 rings (SSSR count). The first-order valence-electron chi connectivity index (χ1n) is 6.56. The lowest BCUT2D eigenvalue weighted by atomic mass is 10.1. The van der Waals surface area contributed by atoms with Crippen LogP contribution in [0.4, 0.5) is 0 Å². The summed E-state index contributed by atoms with van der Waals surface area (Å²) in [5.41, 5.74) is 1.21. The number of nitrogens with one attached hydrogen (secondary N) is 2. The van der Waals surface area contributed by atoms with Gasteiger partial charge in [-0.1, -0.05) is 23.7 Å². The Morgan fingerprint density at radius 1 is 1.47 bits per heavy atom. The van der Waals surface area contributed by atoms with Crippen LogP contribution in [0.5, 0.6) is 0 Å². The number of carbonyl (C=O) groups excluding carboxylic acids is 1. The van der Waals surface area contributed by atoms with Gasteiger partial charge in [-0.05, 0) is 31.0 Å². The standard InChI is InChI=1S/C14H19ClN2O2/c1-2-16-14(18)13-8-17-12(9-19-13)7-10-3-5-11(15)6-4-10/h3-6,12-13,17H,2,7-9H2,1H3,(H,16,18)/t12-,13+/m0/s1. The minimum atomic E-state index is -0.374. The fraction of sp³-hybridized carbons (Fsp3) is 0.500. The van der Waals surface area contributed by atoms with Gasteiger partial charge >= 0.3 is 0 Å². The summed E-state index contributed by atoms with van der Waals surface area (Å²) >= 11 is 5.85. The second-order valence-corrected chi connectivity index (χ2v) is 5.09. The van der Waals surface area contributed by atoms with E-state index in [1.54, 1.807) is 0 Å². The van der Waals surface area contributed by atoms with Crippen LogP contribution in [0.2, 0.25) is 5.02 Å². The van der Waals surface area contributed by atoms with Crippen LogP contribution in [0.25, 0.3) is 0 Å². The van der Waals surface area contributed by atoms with Crippen LogP contribution >= 0.6 is 11.6 Å². The maximum absolute atomic E-state index is 11.6. The highest BCUT2D eigenvalue weighted by atomic mass is 35.5. The van der Waals surface area contributed by atoms with Gasteiger partial charge in [-0.25, -0.2) is 0 Å². The lowest BCUT2D eigenvalue weighted by Crippen LogP contribution is -2.52. The topological polar surface area (TPSA) is 50.4 Å². The van der Waals surface area contributed by atoms with E-state index in [4.69, 9.17) is 16.3 Å². The van der Waals surface area contributed by atoms with E-state index in [1.165, 1.54) is 5.56 Å². The molecule has 19 heavy (non-hydrogen) atoms. The third-order valence-electron chi connectivity index (χ3n) is 3.13. The fourth-order valence-corrected chi connectivity index (χ4v) is 2.24. The van der Waals surface area contributed by atoms with E-state index >= 15 is 0 Å². The molecule has 104 valence electrons. The smallest absolute Gasteiger partial charge is 0.250 e. The Balaban J connectivity index is 1.80. The molecule has 1 aromatic rings. The molecule has 1 fully saturated rings. The van der Waals surface area contributed by atoms with Gasteiger partial charge in [-0.3, -0.25) is 4.79 Å². The predicted octanol–water partition coefficient (Wildman–Crippen LogP) is 1.38. The lowest BCUT2D eigenvalue weighted by Gasteiger charge is -2.29. The largest absolute Gasteiger partial charge is 0.365 e. The second kappa shape index (κ2) is 6.89. The summed E-state index contributed by atoms with van der Waals surface area (Å²) < 4.78 is 5.60. The molecule has 0 radical (unpaired) electrons. The molecule has 2 N–H and O–H groups in total. The zero-order valence-corrected chi connectivity index (χ0v) is 11.7. The third-order valence-corrected chi connectivity index (χ3v) is 3.38. The van der Waals surface area contributed by atoms with Gasteiger partial charge < -0.3 is 15.4 Å². The Bertz CT molecular complexity index is 414. The van der Waals surface area contributed by atoms with Crippen LogP contribution in [-0.4, -0.2) is 37.7 Å². The first kappa shape index (κ1) is 14.3. The van der Waals surface area contributed by atoms with Crippen molar-refractivity contribution in [2.45, 2.75) is 25.5 Å². The summed E-state index contributed by atoms with van der Waals surface area (Å²) in [5.74, 6) is -0.0417. The monoisotopic (exact) mass is 282 g/mol. The number of likely N-dealkylation sites (N-methyl/N-ethyl adjacent to an activating group) is 1. The van der Waals surface area contributed by atoms with Crippen molar-refractivity contribution in [2.75, 3.05) is 19.7 Å². The Kier molecular flexibility index (Phi) is 5.19. The van der Waals surface area contributed by atoms with E-state index in [0.717, 1.165) is 11.4 Å². The molecule has 0 unspecified atom stereocenters. The molecule has 0 saturated carbocycles. The van der Waals surface area contributed by atoms with E-state index < -0.39 is 0 Å². The molecule has 5 heteroatoms. The minimum Gasteiger partial charge on any atom is -0.365 e. The Hall–Kier alpha value is -1.10. The van der Waals surface area contributed by atoms with Gasteiger partial charge in [0.2, 0.25) is 5.91 Å². The van der Waals surface area contributed by atoms with Gasteiger partial charge in [0.25, 0.3) is 0 Å². The molecule has 1 aliphatic rings. The molecule has 1 saturated heterocycles. The van der Waals surface area contributed by atoms with Gasteiger partial charge in [-0.2, -0.15) is 0 Å². The van der Waals surface area contributed by atoms with Crippen molar-refractivity contribution >= 4 is 17.5 Å². The maximum atomic E-state index is 11.6. The van der Waals surface area contributed by atoms with E-state index in [2.05, 4.69) is 10.6 Å². The van der Waals surface area contributed by atoms with Crippen molar-refractivity contribution < 1.29 is 9.53 Å². The van der Waals surface area contributed by atoms with Crippen molar-refractivity contribution in [1.82, 2.24) is 10.6 Å². The summed E-state index contributed by atoms with van der Waals surface area (Å²) in [7, 11) is 0. The fourth-order valence-electron chi connectivity index (χ4n) is 2.12. The summed E-state index contributed by atoms with van der Waals surface area (Å²) in [6.45, 7) is 3.64. The van der Waals surface area contributed by atoms with Gasteiger partial charge in [-0.15, -0.1) is 0 Å². The molecule has 2 atom stereocenters. The summed E-state index contributed by atoms with van der Waals surface area (Å²) in [6.07, 6.45) is 0.501. The third kappa shape index (κ3) is 4.20. The summed E-state index contributed by atoms with van der Waals surface area (Å²) in [4.78, 5) is 11.6. The highest BCUT2D eigenvalue weighted by Gasteiger charge is 2.26. The summed E-state index contributed by atoms with van der Waals surface area (Å²) in [5, 5.41) is 6.86. The number of benzene rings is 1. The van der Waals surface area contributed by atoms with Gasteiger partial charge in [0.1, 0.15) is 6.10 Å². The molecule has 0 spiro atoms. The maximum Gasteiger partial charge on any atom is 0.250 e. The van der Waals surface area contributed by atoms with Crippen molar-refractivity contribution in [3.63, 3.8) is 0 Å². The number of carbonyl (C=O) groups is 1. The molecule has 1 amide bonds. The van der Waals surface area contributed by atoms with Gasteiger partial charge in [0, 0.05) is 24.2 Å². The molecule has 1 heterocycles. The number of ether oxygens (including phenoxy) is 1.